The van der Waals surface area contributed by atoms with Crippen molar-refractivity contribution in [3.05, 3.63) is 23.8 Å². The van der Waals surface area contributed by atoms with Crippen LogP contribution in [0, 0.1) is 17.0 Å². The van der Waals surface area contributed by atoms with E-state index in [9.17, 15) is 8.78 Å². The second-order valence-corrected chi connectivity index (χ2v) is 4.82. The lowest BCUT2D eigenvalue weighted by atomic mass is 9.89. The fourth-order valence-electron chi connectivity index (χ4n) is 1.46. The van der Waals surface area contributed by atoms with Gasteiger partial charge in [-0.3, -0.25) is 0 Å². The monoisotopic (exact) mass is 244 g/mol. The number of rotatable bonds is 5. The normalized spacial score (nSPS) is 11.6. The van der Waals surface area contributed by atoms with Gasteiger partial charge in [-0.05, 0) is 24.0 Å². The number of benzene rings is 1. The van der Waals surface area contributed by atoms with Crippen LogP contribution < -0.4 is 11.1 Å². The Morgan fingerprint density at radius 1 is 1.35 bits per heavy atom. The van der Waals surface area contributed by atoms with Crippen molar-refractivity contribution in [2.45, 2.75) is 20.3 Å². The molecule has 0 aliphatic carbocycles. The summed E-state index contributed by atoms with van der Waals surface area (Å²) in [6.07, 6.45) is 0.566. The molecule has 0 fully saturated rings. The van der Waals surface area contributed by atoms with Crippen molar-refractivity contribution >= 4 is 11.4 Å². The first kappa shape index (κ1) is 13.7. The maximum atomic E-state index is 13.5. The third-order valence-electron chi connectivity index (χ3n) is 2.66. The van der Waals surface area contributed by atoms with Crippen molar-refractivity contribution in [1.82, 2.24) is 0 Å². The number of nitrogens with two attached hydrogens (primary N) is 1. The van der Waals surface area contributed by atoms with E-state index in [1.807, 2.05) is 13.8 Å². The highest BCUT2D eigenvalue weighted by molar-refractivity contribution is 5.66. The number of hydrogen-bond acceptors (Lipinski definition) is 3. The maximum Gasteiger partial charge on any atom is 0.183 e. The summed E-state index contributed by atoms with van der Waals surface area (Å²) in [7, 11) is 0. The highest BCUT2D eigenvalue weighted by Crippen LogP contribution is 2.27. The van der Waals surface area contributed by atoms with E-state index in [4.69, 9.17) is 10.8 Å². The molecular formula is C12H18F2N2O. The summed E-state index contributed by atoms with van der Waals surface area (Å²) in [4.78, 5) is 0. The Labute approximate surface area is 99.6 Å². The molecule has 0 aliphatic rings. The molecule has 0 bridgehead atoms. The van der Waals surface area contributed by atoms with E-state index in [-0.39, 0.29) is 23.4 Å². The molecule has 0 atom stereocenters. The first-order chi connectivity index (χ1) is 7.87. The Hall–Kier alpha value is -1.36. The predicted octanol–water partition coefficient (Wildman–Crippen LogP) is 2.37. The third-order valence-corrected chi connectivity index (χ3v) is 2.66. The van der Waals surface area contributed by atoms with E-state index in [1.165, 1.54) is 6.07 Å². The minimum atomic E-state index is -0.968. The lowest BCUT2D eigenvalue weighted by molar-refractivity contribution is 0.220. The predicted molar refractivity (Wildman–Crippen MR) is 64.7 cm³/mol. The fourth-order valence-corrected chi connectivity index (χ4v) is 1.46. The quantitative estimate of drug-likeness (QED) is 0.697. The maximum absolute atomic E-state index is 13.5. The minimum Gasteiger partial charge on any atom is -0.397 e. The number of aliphatic hydroxyl groups excluding tert-OH is 1. The van der Waals surface area contributed by atoms with Crippen molar-refractivity contribution in [2.75, 3.05) is 24.2 Å². The molecule has 0 spiro atoms. The van der Waals surface area contributed by atoms with Gasteiger partial charge >= 0.3 is 0 Å². The van der Waals surface area contributed by atoms with Crippen LogP contribution in [0.4, 0.5) is 20.2 Å². The van der Waals surface area contributed by atoms with Gasteiger partial charge in [-0.1, -0.05) is 13.8 Å². The van der Waals surface area contributed by atoms with Gasteiger partial charge in [-0.2, -0.15) is 0 Å². The van der Waals surface area contributed by atoms with Gasteiger partial charge in [0.25, 0.3) is 0 Å². The van der Waals surface area contributed by atoms with Crippen LogP contribution in [0.15, 0.2) is 12.1 Å². The Morgan fingerprint density at radius 3 is 2.59 bits per heavy atom. The first-order valence-electron chi connectivity index (χ1n) is 5.45. The van der Waals surface area contributed by atoms with Crippen LogP contribution in [0.5, 0.6) is 0 Å². The zero-order valence-electron chi connectivity index (χ0n) is 10.1. The number of nitrogens with one attached hydrogen (secondary N) is 1. The second-order valence-electron chi connectivity index (χ2n) is 4.82. The summed E-state index contributed by atoms with van der Waals surface area (Å²) in [5, 5.41) is 11.7. The smallest absolute Gasteiger partial charge is 0.183 e. The van der Waals surface area contributed by atoms with Gasteiger partial charge in [-0.15, -0.1) is 0 Å². The van der Waals surface area contributed by atoms with E-state index < -0.39 is 11.6 Å². The van der Waals surface area contributed by atoms with Crippen LogP contribution in [-0.2, 0) is 0 Å². The number of nitrogen functional groups attached to an aromatic ring is 1. The van der Waals surface area contributed by atoms with Crippen LogP contribution in [0.2, 0.25) is 0 Å². The van der Waals surface area contributed by atoms with Gasteiger partial charge < -0.3 is 16.2 Å². The van der Waals surface area contributed by atoms with Crippen molar-refractivity contribution < 1.29 is 13.9 Å². The molecule has 1 aromatic carbocycles. The van der Waals surface area contributed by atoms with Crippen LogP contribution in [0.1, 0.15) is 20.3 Å². The largest absolute Gasteiger partial charge is 0.397 e. The molecular weight excluding hydrogens is 226 g/mol. The summed E-state index contributed by atoms with van der Waals surface area (Å²) in [5.41, 5.74) is 5.51. The Bertz CT molecular complexity index is 394. The van der Waals surface area contributed by atoms with Gasteiger partial charge in [0.2, 0.25) is 0 Å². The number of anilines is 2. The molecule has 96 valence electrons. The molecule has 17 heavy (non-hydrogen) atoms. The van der Waals surface area contributed by atoms with Gasteiger partial charge in [0.15, 0.2) is 11.6 Å². The Morgan fingerprint density at radius 2 is 2.00 bits per heavy atom. The zero-order chi connectivity index (χ0) is 13.1. The number of aliphatic hydroxyl groups is 1. The molecule has 0 aromatic heterocycles. The van der Waals surface area contributed by atoms with Gasteiger partial charge in [0.1, 0.15) is 0 Å². The summed E-state index contributed by atoms with van der Waals surface area (Å²) in [6, 6.07) is 2.31. The Kier molecular flexibility index (Phi) is 4.28. The number of halogens is 2. The van der Waals surface area contributed by atoms with Gasteiger partial charge in [0.05, 0.1) is 11.4 Å². The SMILES string of the molecule is CC(C)(CCO)CNc1c(N)ccc(F)c1F. The van der Waals surface area contributed by atoms with E-state index in [2.05, 4.69) is 5.32 Å². The lowest BCUT2D eigenvalue weighted by Crippen LogP contribution is -2.25. The molecule has 0 amide bonds. The van der Waals surface area contributed by atoms with Crippen LogP contribution >= 0.6 is 0 Å². The van der Waals surface area contributed by atoms with E-state index in [0.29, 0.717) is 13.0 Å². The van der Waals surface area contributed by atoms with Gasteiger partial charge in [0, 0.05) is 13.2 Å². The molecule has 0 saturated heterocycles. The molecule has 4 N–H and O–H groups in total. The molecule has 0 unspecified atom stereocenters. The molecule has 1 rings (SSSR count). The topological polar surface area (TPSA) is 58.3 Å². The zero-order valence-corrected chi connectivity index (χ0v) is 10.1. The third kappa shape index (κ3) is 3.56. The van der Waals surface area contributed by atoms with Crippen LogP contribution in [-0.4, -0.2) is 18.3 Å². The summed E-state index contributed by atoms with van der Waals surface area (Å²) >= 11 is 0. The first-order valence-corrected chi connectivity index (χ1v) is 5.45. The number of hydrogen-bond donors (Lipinski definition) is 3. The highest BCUT2D eigenvalue weighted by atomic mass is 19.2. The van der Waals surface area contributed by atoms with Gasteiger partial charge in [-0.25, -0.2) is 8.78 Å². The van der Waals surface area contributed by atoms with Crippen LogP contribution in [0.3, 0.4) is 0 Å². The van der Waals surface area contributed by atoms with Crippen LogP contribution in [0.25, 0.3) is 0 Å². The summed E-state index contributed by atoms with van der Waals surface area (Å²) < 4.78 is 26.5. The standard InChI is InChI=1S/C12H18F2N2O/c1-12(2,5-6-17)7-16-11-9(15)4-3-8(13)10(11)14/h3-4,16-17H,5-7,15H2,1-2H3. The second kappa shape index (κ2) is 5.31. The van der Waals surface area contributed by atoms with Crippen molar-refractivity contribution in [2.24, 2.45) is 5.41 Å². The Balaban J connectivity index is 2.79. The molecule has 5 heteroatoms. The molecule has 0 heterocycles. The van der Waals surface area contributed by atoms with Crippen molar-refractivity contribution in [1.29, 1.82) is 0 Å². The molecule has 1 aromatic rings. The average Bonchev–Trinajstić information content (AvgIpc) is 2.23. The average molecular weight is 244 g/mol. The molecule has 0 saturated carbocycles. The minimum absolute atomic E-state index is 0.0176. The van der Waals surface area contributed by atoms with Crippen molar-refractivity contribution in [3.63, 3.8) is 0 Å². The van der Waals surface area contributed by atoms with E-state index >= 15 is 0 Å². The molecule has 0 radical (unpaired) electrons. The molecule has 0 aliphatic heterocycles. The fraction of sp³-hybridized carbons (Fsp3) is 0.500. The lowest BCUT2D eigenvalue weighted by Gasteiger charge is -2.25. The summed E-state index contributed by atoms with van der Waals surface area (Å²) in [5.74, 6) is -1.90. The van der Waals surface area contributed by atoms with Crippen molar-refractivity contribution in [3.8, 4) is 0 Å². The van der Waals surface area contributed by atoms with E-state index in [1.54, 1.807) is 0 Å². The summed E-state index contributed by atoms with van der Waals surface area (Å²) in [6.45, 7) is 4.29. The molecule has 3 nitrogen and oxygen atoms in total. The van der Waals surface area contributed by atoms with E-state index in [0.717, 1.165) is 6.07 Å². The highest BCUT2D eigenvalue weighted by Gasteiger charge is 2.19.